The van der Waals surface area contributed by atoms with Gasteiger partial charge in [0.1, 0.15) is 0 Å². The van der Waals surface area contributed by atoms with E-state index >= 15 is 0 Å². The van der Waals surface area contributed by atoms with Crippen molar-refractivity contribution in [3.63, 3.8) is 0 Å². The second-order valence-electron chi connectivity index (χ2n) is 9.59. The molecular weight excluding hydrogens is 536 g/mol. The summed E-state index contributed by atoms with van der Waals surface area (Å²) in [4.78, 5) is 24.9. The SMILES string of the molecule is CCC(O)CNCCn1ccc(-c2cccc(Nc3cc(NC(=O)C4CC4)nnc3C(=O)NC(O)(O)O)c2OC)n1. The van der Waals surface area contributed by atoms with E-state index in [1.165, 1.54) is 13.2 Å². The fraction of sp³-hybridized carbons (Fsp3) is 0.423. The maximum absolute atomic E-state index is 12.6. The Morgan fingerprint density at radius 3 is 2.63 bits per heavy atom. The molecular formula is C26H34N8O7. The smallest absolute Gasteiger partial charge is 0.369 e. The number of amides is 2. The Hall–Kier alpha value is -4.15. The second kappa shape index (κ2) is 13.0. The van der Waals surface area contributed by atoms with Crippen molar-refractivity contribution in [1.82, 2.24) is 30.6 Å². The van der Waals surface area contributed by atoms with Crippen LogP contribution in [0.25, 0.3) is 11.3 Å². The van der Waals surface area contributed by atoms with Gasteiger partial charge in [-0.2, -0.15) is 5.10 Å². The predicted octanol–water partition coefficient (Wildman–Crippen LogP) is 0.119. The topological polar surface area (TPSA) is 216 Å². The van der Waals surface area contributed by atoms with Crippen molar-refractivity contribution in [2.75, 3.05) is 30.8 Å². The molecule has 41 heavy (non-hydrogen) atoms. The van der Waals surface area contributed by atoms with Crippen molar-refractivity contribution in [2.24, 2.45) is 5.92 Å². The third-order valence-corrected chi connectivity index (χ3v) is 6.26. The van der Waals surface area contributed by atoms with Gasteiger partial charge >= 0.3 is 6.10 Å². The molecule has 1 aromatic carbocycles. The molecule has 15 nitrogen and oxygen atoms in total. The van der Waals surface area contributed by atoms with Crippen LogP contribution in [-0.4, -0.2) is 84.6 Å². The van der Waals surface area contributed by atoms with E-state index in [2.05, 4.69) is 31.2 Å². The number of aliphatic hydroxyl groups is 4. The minimum absolute atomic E-state index is 0.0363. The molecule has 1 unspecified atom stereocenters. The average Bonchev–Trinajstić information content (AvgIpc) is 3.68. The fourth-order valence-electron chi connectivity index (χ4n) is 3.94. The van der Waals surface area contributed by atoms with E-state index in [4.69, 9.17) is 4.74 Å². The summed E-state index contributed by atoms with van der Waals surface area (Å²) in [5.41, 5.74) is 1.30. The Balaban J connectivity index is 1.59. The first-order valence-electron chi connectivity index (χ1n) is 13.1. The number of aliphatic hydroxyl groups excluding tert-OH is 1. The summed E-state index contributed by atoms with van der Waals surface area (Å²) in [5, 5.41) is 60.1. The lowest BCUT2D eigenvalue weighted by atomic mass is 10.1. The van der Waals surface area contributed by atoms with Gasteiger partial charge in [0.2, 0.25) is 5.91 Å². The lowest BCUT2D eigenvalue weighted by Gasteiger charge is -2.18. The molecule has 1 atom stereocenters. The Bertz CT molecular complexity index is 1370. The standard InChI is InChI=1S/C26H34N8O7/c1-3-16(35)14-27-10-12-34-11-9-18(33-34)17-5-4-6-19(23(17)41-2)28-20-13-21(29-24(36)15-7-8-15)31-32-22(20)25(37)30-26(38,39)40/h4-6,9,11,13,15-16,27,35,38-40H,3,7-8,10,12,14H2,1-2H3,(H,30,37)(H2,28,29,31,36). The van der Waals surface area contributed by atoms with Crippen LogP contribution >= 0.6 is 0 Å². The van der Waals surface area contributed by atoms with Gasteiger partial charge in [0.15, 0.2) is 17.3 Å². The molecule has 1 saturated carbocycles. The molecule has 1 aliphatic rings. The van der Waals surface area contributed by atoms with Gasteiger partial charge in [0.05, 0.1) is 36.8 Å². The van der Waals surface area contributed by atoms with Crippen LogP contribution in [0.15, 0.2) is 36.5 Å². The first-order valence-corrected chi connectivity index (χ1v) is 13.1. The largest absolute Gasteiger partial charge is 0.494 e. The molecule has 2 aromatic heterocycles. The zero-order valence-corrected chi connectivity index (χ0v) is 22.7. The molecule has 15 heteroatoms. The zero-order chi connectivity index (χ0) is 29.6. The third-order valence-electron chi connectivity index (χ3n) is 6.26. The van der Waals surface area contributed by atoms with Crippen LogP contribution in [0.1, 0.15) is 36.7 Å². The number of rotatable bonds is 14. The van der Waals surface area contributed by atoms with Crippen molar-refractivity contribution in [3.05, 3.63) is 42.2 Å². The molecule has 4 rings (SSSR count). The summed E-state index contributed by atoms with van der Waals surface area (Å²) in [6.07, 6.45) is 0.155. The highest BCUT2D eigenvalue weighted by molar-refractivity contribution is 6.00. The number of ether oxygens (including phenoxy) is 1. The summed E-state index contributed by atoms with van der Waals surface area (Å²) in [6, 6.07) is 8.42. The van der Waals surface area contributed by atoms with Gasteiger partial charge in [0, 0.05) is 36.8 Å². The van der Waals surface area contributed by atoms with Crippen molar-refractivity contribution >= 4 is 29.0 Å². The van der Waals surface area contributed by atoms with Crippen LogP contribution in [0.3, 0.4) is 0 Å². The fourth-order valence-corrected chi connectivity index (χ4v) is 3.94. The second-order valence-corrected chi connectivity index (χ2v) is 9.59. The van der Waals surface area contributed by atoms with Crippen molar-refractivity contribution in [3.8, 4) is 17.0 Å². The monoisotopic (exact) mass is 570 g/mol. The minimum Gasteiger partial charge on any atom is -0.494 e. The van der Waals surface area contributed by atoms with Crippen molar-refractivity contribution in [2.45, 2.75) is 44.9 Å². The van der Waals surface area contributed by atoms with E-state index in [9.17, 15) is 30.0 Å². The quantitative estimate of drug-likeness (QED) is 0.0958. The molecule has 0 bridgehead atoms. The lowest BCUT2D eigenvalue weighted by Crippen LogP contribution is -2.48. The lowest BCUT2D eigenvalue weighted by molar-refractivity contribution is -0.323. The maximum Gasteiger partial charge on any atom is 0.369 e. The molecule has 8 N–H and O–H groups in total. The summed E-state index contributed by atoms with van der Waals surface area (Å²) in [6.45, 7) is 3.61. The van der Waals surface area contributed by atoms with E-state index in [-0.39, 0.29) is 23.3 Å². The van der Waals surface area contributed by atoms with Gasteiger partial charge in [-0.3, -0.25) is 19.6 Å². The van der Waals surface area contributed by atoms with Crippen LogP contribution in [0.2, 0.25) is 0 Å². The van der Waals surface area contributed by atoms with Crippen molar-refractivity contribution < 1.29 is 34.8 Å². The Morgan fingerprint density at radius 2 is 1.95 bits per heavy atom. The van der Waals surface area contributed by atoms with Gasteiger partial charge in [-0.25, -0.2) is 0 Å². The van der Waals surface area contributed by atoms with Crippen LogP contribution in [0.4, 0.5) is 17.2 Å². The van der Waals surface area contributed by atoms with Crippen LogP contribution in [0, 0.1) is 5.92 Å². The van der Waals surface area contributed by atoms with E-state index in [0.717, 1.165) is 12.8 Å². The summed E-state index contributed by atoms with van der Waals surface area (Å²) in [5.74, 6) is -1.03. The Morgan fingerprint density at radius 1 is 1.17 bits per heavy atom. The molecule has 3 aromatic rings. The number of aromatic nitrogens is 4. The van der Waals surface area contributed by atoms with E-state index in [0.29, 0.717) is 48.7 Å². The van der Waals surface area contributed by atoms with Gasteiger partial charge in [-0.05, 0) is 37.5 Å². The van der Waals surface area contributed by atoms with Gasteiger partial charge < -0.3 is 41.1 Å². The normalized spacial score (nSPS) is 13.9. The number of para-hydroxylation sites is 1. The number of carbonyl (C=O) groups is 2. The average molecular weight is 571 g/mol. The number of nitrogens with zero attached hydrogens (tertiary/aromatic N) is 4. The molecule has 1 fully saturated rings. The van der Waals surface area contributed by atoms with E-state index in [1.54, 1.807) is 22.1 Å². The zero-order valence-electron chi connectivity index (χ0n) is 22.7. The molecule has 220 valence electrons. The molecule has 0 spiro atoms. The first-order chi connectivity index (χ1) is 19.6. The van der Waals surface area contributed by atoms with Gasteiger partial charge in [-0.1, -0.05) is 13.0 Å². The predicted molar refractivity (Wildman–Crippen MR) is 147 cm³/mol. The van der Waals surface area contributed by atoms with E-state index < -0.39 is 23.8 Å². The molecule has 0 saturated heterocycles. The molecule has 0 radical (unpaired) electrons. The summed E-state index contributed by atoms with van der Waals surface area (Å²) >= 11 is 0. The highest BCUT2D eigenvalue weighted by Gasteiger charge is 2.31. The van der Waals surface area contributed by atoms with Crippen LogP contribution < -0.4 is 26.0 Å². The number of hydrogen-bond acceptors (Lipinski definition) is 12. The molecule has 2 amide bonds. The van der Waals surface area contributed by atoms with Crippen LogP contribution in [-0.2, 0) is 11.3 Å². The molecule has 0 aliphatic heterocycles. The van der Waals surface area contributed by atoms with Gasteiger partial charge in [-0.15, -0.1) is 10.2 Å². The molecule has 1 aliphatic carbocycles. The third kappa shape index (κ3) is 8.18. The summed E-state index contributed by atoms with van der Waals surface area (Å²) < 4.78 is 7.45. The minimum atomic E-state index is -3.49. The van der Waals surface area contributed by atoms with Gasteiger partial charge in [0.25, 0.3) is 5.91 Å². The highest BCUT2D eigenvalue weighted by atomic mass is 16.7. The van der Waals surface area contributed by atoms with Crippen molar-refractivity contribution in [1.29, 1.82) is 0 Å². The number of hydrogen-bond donors (Lipinski definition) is 8. The number of methoxy groups -OCH3 is 1. The van der Waals surface area contributed by atoms with E-state index in [1.807, 2.05) is 25.3 Å². The molecule has 2 heterocycles. The first kappa shape index (κ1) is 29.8. The number of anilines is 3. The Labute approximate surface area is 235 Å². The summed E-state index contributed by atoms with van der Waals surface area (Å²) in [7, 11) is 1.47. The Kier molecular flexibility index (Phi) is 9.46. The highest BCUT2D eigenvalue weighted by Crippen LogP contribution is 2.38. The maximum atomic E-state index is 12.6. The number of carbonyl (C=O) groups excluding carboxylic acids is 2. The van der Waals surface area contributed by atoms with Crippen LogP contribution in [0.5, 0.6) is 5.75 Å². The number of benzene rings is 1. The number of nitrogens with one attached hydrogen (secondary N) is 4.